The molecule has 0 fully saturated rings. The van der Waals surface area contributed by atoms with E-state index in [1.807, 2.05) is 0 Å². The zero-order valence-electron chi connectivity index (χ0n) is 16.7. The smallest absolute Gasteiger partial charge is 1.00 e. The Bertz CT molecular complexity index is 963. The molecule has 0 aliphatic carbocycles. The Labute approximate surface area is 187 Å². The summed E-state index contributed by atoms with van der Waals surface area (Å²) in [5, 5.41) is 2.16. The summed E-state index contributed by atoms with van der Waals surface area (Å²) >= 11 is 0. The van der Waals surface area contributed by atoms with Gasteiger partial charge in [0.25, 0.3) is 10.0 Å². The largest absolute Gasteiger partial charge is 2.00 e. The second-order valence-corrected chi connectivity index (χ2v) is 6.39. The maximum atomic E-state index is 12.4. The number of urea groups is 1. The molecule has 0 saturated carbocycles. The fraction of sp³-hybridized carbons (Fsp3) is 0.214. The minimum Gasteiger partial charge on any atom is -1.00 e. The van der Waals surface area contributed by atoms with Crippen molar-refractivity contribution in [2.45, 2.75) is 11.8 Å². The molecule has 27 heavy (non-hydrogen) atoms. The molecule has 0 saturated heterocycles. The molecule has 0 aliphatic heterocycles. The van der Waals surface area contributed by atoms with Gasteiger partial charge >= 0.3 is 55.7 Å². The summed E-state index contributed by atoms with van der Waals surface area (Å²) in [5.41, 5.74) is -0.215. The molecule has 0 spiro atoms. The van der Waals surface area contributed by atoms with E-state index < -0.39 is 26.9 Å². The van der Waals surface area contributed by atoms with Crippen LogP contribution in [0, 0.1) is 6.92 Å². The summed E-state index contributed by atoms with van der Waals surface area (Å²) in [6, 6.07) is 4.12. The SMILES string of the molecule is COC(=O)c1ccccc1S(=O)(=O)NC(=O)Nc1nc(C)nc(OC)n1.[Ca+2].[H-].[H-]. The predicted molar refractivity (Wildman–Crippen MR) is 96.2 cm³/mol. The molecular weight excluding hydrogens is 406 g/mol. The molecule has 0 bridgehead atoms. The number of methoxy groups -OCH3 is 2. The minimum atomic E-state index is -4.36. The van der Waals surface area contributed by atoms with Gasteiger partial charge < -0.3 is 12.3 Å². The van der Waals surface area contributed by atoms with Crippen molar-refractivity contribution in [3.63, 3.8) is 0 Å². The molecule has 2 N–H and O–H groups in total. The third-order valence-corrected chi connectivity index (χ3v) is 4.33. The molecule has 1 aromatic heterocycles. The van der Waals surface area contributed by atoms with E-state index in [1.165, 1.54) is 32.2 Å². The number of carbonyl (C=O) groups is 2. The Morgan fingerprint density at radius 3 is 2.41 bits per heavy atom. The average molecular weight is 423 g/mol. The Morgan fingerprint density at radius 2 is 1.78 bits per heavy atom. The van der Waals surface area contributed by atoms with Crippen LogP contribution in [0.1, 0.15) is 19.0 Å². The number of sulfonamides is 1. The van der Waals surface area contributed by atoms with Crippen LogP contribution >= 0.6 is 0 Å². The van der Waals surface area contributed by atoms with Gasteiger partial charge in [-0.25, -0.2) is 22.7 Å². The van der Waals surface area contributed by atoms with Crippen LogP contribution in [0.15, 0.2) is 29.2 Å². The number of anilines is 1. The van der Waals surface area contributed by atoms with Crippen molar-refractivity contribution in [1.82, 2.24) is 19.7 Å². The average Bonchev–Trinajstić information content (AvgIpc) is 2.59. The Balaban J connectivity index is 0. The van der Waals surface area contributed by atoms with Crippen LogP contribution in [0.3, 0.4) is 0 Å². The fourth-order valence-corrected chi connectivity index (χ4v) is 2.99. The third kappa shape index (κ3) is 5.99. The number of aryl methyl sites for hydroxylation is 1. The van der Waals surface area contributed by atoms with E-state index in [1.54, 1.807) is 4.72 Å². The first kappa shape index (κ1) is 23.0. The number of esters is 1. The van der Waals surface area contributed by atoms with E-state index >= 15 is 0 Å². The number of rotatable bonds is 5. The summed E-state index contributed by atoms with van der Waals surface area (Å²) in [5.74, 6) is -0.807. The standard InChI is InChI=1S/C14H15N5O6S.Ca.2H/c1-8-15-12(18-14(16-8)25-3)17-13(21)19-26(22,23)10-7-5-4-6-9(10)11(20)24-2;;;/h4-7H,1-3H3,(H2,15,16,17,18,19,21);;;/q;+2;2*-1. The first-order valence-corrected chi connectivity index (χ1v) is 8.53. The molecule has 1 heterocycles. The number of ether oxygens (including phenoxy) is 2. The zero-order chi connectivity index (χ0) is 19.3. The zero-order valence-corrected chi connectivity index (χ0v) is 17.7. The number of benzene rings is 1. The van der Waals surface area contributed by atoms with Gasteiger partial charge in [-0.2, -0.15) is 15.0 Å². The Hall–Kier alpha value is -2.02. The van der Waals surface area contributed by atoms with Crippen LogP contribution in [-0.4, -0.2) is 87.3 Å². The molecule has 0 radical (unpaired) electrons. The van der Waals surface area contributed by atoms with Gasteiger partial charge in [-0.1, -0.05) is 12.1 Å². The van der Waals surface area contributed by atoms with E-state index in [0.29, 0.717) is 0 Å². The number of carbonyl (C=O) groups excluding carboxylic acids is 2. The van der Waals surface area contributed by atoms with Gasteiger partial charge in [0.05, 0.1) is 19.8 Å². The van der Waals surface area contributed by atoms with Gasteiger partial charge in [-0.15, -0.1) is 0 Å². The third-order valence-electron chi connectivity index (χ3n) is 2.94. The number of hydrogen-bond donors (Lipinski definition) is 2. The fourth-order valence-electron chi connectivity index (χ4n) is 1.89. The summed E-state index contributed by atoms with van der Waals surface area (Å²) in [6.07, 6.45) is 0. The van der Waals surface area contributed by atoms with Gasteiger partial charge in [0.15, 0.2) is 0 Å². The van der Waals surface area contributed by atoms with E-state index in [4.69, 9.17) is 4.74 Å². The first-order chi connectivity index (χ1) is 12.3. The van der Waals surface area contributed by atoms with E-state index in [9.17, 15) is 18.0 Å². The topological polar surface area (TPSA) is 149 Å². The molecular formula is C14H17CaN5O6S. The monoisotopic (exact) mass is 423 g/mol. The molecule has 0 atom stereocenters. The van der Waals surface area contributed by atoms with Crippen molar-refractivity contribution in [3.8, 4) is 6.01 Å². The van der Waals surface area contributed by atoms with E-state index in [2.05, 4.69) is 25.0 Å². The first-order valence-electron chi connectivity index (χ1n) is 7.04. The quantitative estimate of drug-likeness (QED) is 0.512. The van der Waals surface area contributed by atoms with Crippen LogP contribution in [0.4, 0.5) is 10.7 Å². The number of amides is 2. The number of aromatic nitrogens is 3. The van der Waals surface area contributed by atoms with Crippen LogP contribution in [0.25, 0.3) is 0 Å². The second kappa shape index (κ2) is 9.78. The molecule has 2 amide bonds. The summed E-state index contributed by atoms with van der Waals surface area (Å²) in [6.45, 7) is 1.54. The van der Waals surface area contributed by atoms with Crippen LogP contribution < -0.4 is 14.8 Å². The predicted octanol–water partition coefficient (Wildman–Crippen LogP) is 0.330. The van der Waals surface area contributed by atoms with Gasteiger partial charge in [0, 0.05) is 0 Å². The molecule has 13 heteroatoms. The number of nitrogens with zero attached hydrogens (tertiary/aromatic N) is 3. The van der Waals surface area contributed by atoms with Crippen LogP contribution in [0.2, 0.25) is 0 Å². The Kier molecular flexibility index (Phi) is 8.34. The number of nitrogens with one attached hydrogen (secondary N) is 2. The van der Waals surface area contributed by atoms with Gasteiger partial charge in [0.2, 0.25) is 5.95 Å². The summed E-state index contributed by atoms with van der Waals surface area (Å²) < 4.78 is 36.0. The van der Waals surface area contributed by atoms with Crippen LogP contribution in [-0.2, 0) is 14.8 Å². The van der Waals surface area contributed by atoms with Crippen LogP contribution in [0.5, 0.6) is 6.01 Å². The number of hydrogen-bond acceptors (Lipinski definition) is 9. The van der Waals surface area contributed by atoms with Gasteiger partial charge in [0.1, 0.15) is 10.7 Å². The molecule has 0 aliphatic rings. The molecule has 2 rings (SSSR count). The Morgan fingerprint density at radius 1 is 1.11 bits per heavy atom. The van der Waals surface area contributed by atoms with Crippen molar-refractivity contribution >= 4 is 65.7 Å². The van der Waals surface area contributed by atoms with Crippen molar-refractivity contribution in [2.75, 3.05) is 19.5 Å². The summed E-state index contributed by atoms with van der Waals surface area (Å²) in [7, 11) is -1.92. The van der Waals surface area contributed by atoms with Gasteiger partial charge in [-0.3, -0.25) is 5.32 Å². The summed E-state index contributed by atoms with van der Waals surface area (Å²) in [4.78, 5) is 34.7. The molecule has 0 unspecified atom stereocenters. The van der Waals surface area contributed by atoms with Crippen molar-refractivity contribution in [1.29, 1.82) is 0 Å². The molecule has 11 nitrogen and oxygen atoms in total. The second-order valence-electron chi connectivity index (χ2n) is 4.74. The van der Waals surface area contributed by atoms with Gasteiger partial charge in [-0.05, 0) is 19.1 Å². The minimum absolute atomic E-state index is 0. The van der Waals surface area contributed by atoms with Crippen molar-refractivity contribution in [3.05, 3.63) is 35.7 Å². The maximum absolute atomic E-state index is 12.4. The van der Waals surface area contributed by atoms with Crippen molar-refractivity contribution < 1.29 is 30.3 Å². The van der Waals surface area contributed by atoms with Crippen molar-refractivity contribution in [2.24, 2.45) is 0 Å². The van der Waals surface area contributed by atoms with E-state index in [-0.39, 0.29) is 63.9 Å². The molecule has 2 aromatic rings. The molecule has 1 aromatic carbocycles. The van der Waals surface area contributed by atoms with E-state index in [0.717, 1.165) is 13.2 Å². The normalized spacial score (nSPS) is 10.3. The maximum Gasteiger partial charge on any atom is 2.00 e. The molecule has 142 valence electrons.